The van der Waals surface area contributed by atoms with Crippen LogP contribution in [-0.4, -0.2) is 69.8 Å². The number of amides is 1. The van der Waals surface area contributed by atoms with E-state index in [1.807, 2.05) is 51.1 Å². The maximum atomic E-state index is 11.7. The lowest BCUT2D eigenvalue weighted by atomic mass is 9.98. The van der Waals surface area contributed by atoms with E-state index in [1.165, 1.54) is 11.8 Å². The van der Waals surface area contributed by atoms with Gasteiger partial charge in [-0.15, -0.1) is 0 Å². The molecule has 0 radical (unpaired) electrons. The van der Waals surface area contributed by atoms with Crippen molar-refractivity contribution in [3.05, 3.63) is 35.9 Å². The molecule has 1 amide bonds. The van der Waals surface area contributed by atoms with Crippen LogP contribution in [0.5, 0.6) is 0 Å². The zero-order valence-electron chi connectivity index (χ0n) is 17.6. The Labute approximate surface area is 181 Å². The Kier molecular flexibility index (Phi) is 7.75. The van der Waals surface area contributed by atoms with Crippen molar-refractivity contribution in [1.29, 1.82) is 0 Å². The Hall–Kier alpha value is -1.65. The van der Waals surface area contributed by atoms with Gasteiger partial charge in [0.25, 0.3) is 0 Å². The highest BCUT2D eigenvalue weighted by molar-refractivity contribution is 8.14. The molecule has 1 aromatic carbocycles. The molecular weight excluding hydrogens is 406 g/mol. The van der Waals surface area contributed by atoms with E-state index >= 15 is 0 Å². The summed E-state index contributed by atoms with van der Waals surface area (Å²) in [5.74, 6) is 0. The first-order chi connectivity index (χ1) is 14.2. The van der Waals surface area contributed by atoms with Gasteiger partial charge in [0.2, 0.25) is 0 Å². The number of alkyl carbamates (subject to hydrolysis) is 1. The number of carbonyl (C=O) groups excluding carboxylic acids is 1. The molecule has 2 heterocycles. The smallest absolute Gasteiger partial charge is 0.407 e. The van der Waals surface area contributed by atoms with Gasteiger partial charge in [0.1, 0.15) is 35.4 Å². The van der Waals surface area contributed by atoms with Gasteiger partial charge in [-0.3, -0.25) is 4.99 Å². The number of rotatable bonds is 7. The van der Waals surface area contributed by atoms with E-state index in [9.17, 15) is 15.0 Å². The van der Waals surface area contributed by atoms with Gasteiger partial charge in [-0.1, -0.05) is 42.1 Å². The van der Waals surface area contributed by atoms with Crippen LogP contribution in [0.3, 0.4) is 0 Å². The number of hydrogen-bond acceptors (Lipinski definition) is 8. The molecule has 9 heteroatoms. The van der Waals surface area contributed by atoms with E-state index in [4.69, 9.17) is 9.47 Å². The maximum absolute atomic E-state index is 11.7. The standard InChI is InChI=1S/C21H31N3O5S/c1-21(2,3)29-20(27)23-10-9-15-24-16-18(26)17(25)14(28-19(16)30-15)12-22-11-13-7-5-4-6-8-13/h4-8,14,16-19,22,25-26H,9-12H2,1-3H3,(H,23,27)/t14-,16-,17-,18-,19-/m1/s1. The van der Waals surface area contributed by atoms with Crippen molar-refractivity contribution in [2.24, 2.45) is 4.99 Å². The third-order valence-corrected chi connectivity index (χ3v) is 5.94. The summed E-state index contributed by atoms with van der Waals surface area (Å²) < 4.78 is 11.2. The quantitative estimate of drug-likeness (QED) is 0.513. The van der Waals surface area contributed by atoms with Crippen molar-refractivity contribution in [2.45, 2.75) is 69.1 Å². The van der Waals surface area contributed by atoms with Crippen molar-refractivity contribution in [2.75, 3.05) is 13.1 Å². The fourth-order valence-electron chi connectivity index (χ4n) is 3.31. The summed E-state index contributed by atoms with van der Waals surface area (Å²) in [7, 11) is 0. The predicted molar refractivity (Wildman–Crippen MR) is 116 cm³/mol. The van der Waals surface area contributed by atoms with E-state index in [0.29, 0.717) is 26.1 Å². The largest absolute Gasteiger partial charge is 0.444 e. The third kappa shape index (κ3) is 6.42. The van der Waals surface area contributed by atoms with E-state index in [1.54, 1.807) is 0 Å². The lowest BCUT2D eigenvalue weighted by Gasteiger charge is -2.38. The second-order valence-electron chi connectivity index (χ2n) is 8.45. The fourth-order valence-corrected chi connectivity index (χ4v) is 4.54. The van der Waals surface area contributed by atoms with Gasteiger partial charge >= 0.3 is 6.09 Å². The second kappa shape index (κ2) is 10.1. The second-order valence-corrected chi connectivity index (χ2v) is 9.62. The molecule has 8 nitrogen and oxygen atoms in total. The van der Waals surface area contributed by atoms with Crippen LogP contribution in [0.4, 0.5) is 4.79 Å². The van der Waals surface area contributed by atoms with Gasteiger partial charge in [0, 0.05) is 26.1 Å². The number of thioether (sulfide) groups is 1. The average Bonchev–Trinajstić information content (AvgIpc) is 3.08. The van der Waals surface area contributed by atoms with Gasteiger partial charge in [0.15, 0.2) is 0 Å². The molecule has 30 heavy (non-hydrogen) atoms. The number of aliphatic hydroxyl groups excluding tert-OH is 2. The number of ether oxygens (including phenoxy) is 2. The van der Waals surface area contributed by atoms with Crippen molar-refractivity contribution < 1.29 is 24.5 Å². The molecule has 0 bridgehead atoms. The highest BCUT2D eigenvalue weighted by Gasteiger charge is 2.47. The van der Waals surface area contributed by atoms with E-state index in [2.05, 4.69) is 15.6 Å². The molecule has 0 unspecified atom stereocenters. The number of nitrogens with one attached hydrogen (secondary N) is 2. The SMILES string of the molecule is CC(C)(C)OC(=O)NCCC1=N[C@@H]2[C@@H](O)[C@H](O)[C@@H](CNCc3ccccc3)O[C@@H]2S1. The predicted octanol–water partition coefficient (Wildman–Crippen LogP) is 1.65. The summed E-state index contributed by atoms with van der Waals surface area (Å²) in [6, 6.07) is 9.45. The number of benzene rings is 1. The third-order valence-electron chi connectivity index (χ3n) is 4.74. The first kappa shape index (κ1) is 23.0. The molecule has 4 N–H and O–H groups in total. The number of aliphatic hydroxyl groups is 2. The lowest BCUT2D eigenvalue weighted by molar-refractivity contribution is -0.150. The van der Waals surface area contributed by atoms with Crippen LogP contribution in [0.1, 0.15) is 32.8 Å². The number of nitrogens with zero attached hydrogens (tertiary/aromatic N) is 1. The van der Waals surface area contributed by atoms with E-state index in [-0.39, 0.29) is 5.44 Å². The van der Waals surface area contributed by atoms with E-state index < -0.39 is 36.0 Å². The Bertz CT molecular complexity index is 740. The first-order valence-electron chi connectivity index (χ1n) is 10.2. The van der Waals surface area contributed by atoms with Gasteiger partial charge in [-0.25, -0.2) is 4.79 Å². The molecule has 0 saturated carbocycles. The van der Waals surface area contributed by atoms with Gasteiger partial charge in [-0.2, -0.15) is 0 Å². The van der Waals surface area contributed by atoms with Crippen LogP contribution in [0, 0.1) is 0 Å². The zero-order valence-corrected chi connectivity index (χ0v) is 18.4. The van der Waals surface area contributed by atoms with Crippen molar-refractivity contribution in [3.8, 4) is 0 Å². The fraction of sp³-hybridized carbons (Fsp3) is 0.619. The minimum Gasteiger partial charge on any atom is -0.444 e. The highest BCUT2D eigenvalue weighted by atomic mass is 32.2. The number of fused-ring (bicyclic) bond motifs is 1. The average molecular weight is 438 g/mol. The van der Waals surface area contributed by atoms with Crippen LogP contribution in [-0.2, 0) is 16.0 Å². The van der Waals surface area contributed by atoms with Crippen LogP contribution in [0.2, 0.25) is 0 Å². The number of aliphatic imine (C=N–C) groups is 1. The van der Waals surface area contributed by atoms with Crippen LogP contribution < -0.4 is 10.6 Å². The Morgan fingerprint density at radius 3 is 2.67 bits per heavy atom. The monoisotopic (exact) mass is 437 g/mol. The molecule has 3 rings (SSSR count). The number of hydrogen-bond donors (Lipinski definition) is 4. The van der Waals surface area contributed by atoms with Gasteiger partial charge < -0.3 is 30.3 Å². The van der Waals surface area contributed by atoms with E-state index in [0.717, 1.165) is 10.6 Å². The Balaban J connectivity index is 1.44. The zero-order chi connectivity index (χ0) is 21.7. The molecule has 0 aromatic heterocycles. The summed E-state index contributed by atoms with van der Waals surface area (Å²) in [5, 5.41) is 27.7. The summed E-state index contributed by atoms with van der Waals surface area (Å²) in [6.45, 7) is 6.88. The van der Waals surface area contributed by atoms with Crippen molar-refractivity contribution >= 4 is 22.9 Å². The normalized spacial score (nSPS) is 28.6. The molecule has 1 aromatic rings. The topological polar surface area (TPSA) is 112 Å². The maximum Gasteiger partial charge on any atom is 0.407 e. The first-order valence-corrected chi connectivity index (χ1v) is 11.1. The summed E-state index contributed by atoms with van der Waals surface area (Å²) in [6.07, 6.45) is -2.49. The molecule has 1 saturated heterocycles. The molecular formula is C21H31N3O5S. The minimum atomic E-state index is -1.02. The molecule has 0 aliphatic carbocycles. The highest BCUT2D eigenvalue weighted by Crippen LogP contribution is 2.37. The van der Waals surface area contributed by atoms with Crippen LogP contribution in [0.25, 0.3) is 0 Å². The van der Waals surface area contributed by atoms with Crippen LogP contribution in [0.15, 0.2) is 35.3 Å². The molecule has 5 atom stereocenters. The summed E-state index contributed by atoms with van der Waals surface area (Å²) in [5.41, 5.74) is 0.249. The summed E-state index contributed by atoms with van der Waals surface area (Å²) >= 11 is 1.44. The lowest BCUT2D eigenvalue weighted by Crippen LogP contribution is -2.57. The number of carbonyl (C=O) groups is 1. The van der Waals surface area contributed by atoms with Crippen molar-refractivity contribution in [3.63, 3.8) is 0 Å². The van der Waals surface area contributed by atoms with Crippen LogP contribution >= 0.6 is 11.8 Å². The molecule has 1 fully saturated rings. The minimum absolute atomic E-state index is 0.344. The van der Waals surface area contributed by atoms with Gasteiger partial charge in [-0.05, 0) is 26.3 Å². The molecule has 166 valence electrons. The Morgan fingerprint density at radius 2 is 1.97 bits per heavy atom. The summed E-state index contributed by atoms with van der Waals surface area (Å²) in [4.78, 5) is 16.2. The van der Waals surface area contributed by atoms with Crippen molar-refractivity contribution in [1.82, 2.24) is 10.6 Å². The molecule has 2 aliphatic heterocycles. The Morgan fingerprint density at radius 1 is 1.23 bits per heavy atom. The van der Waals surface area contributed by atoms with Gasteiger partial charge in [0.05, 0.1) is 5.04 Å². The molecule has 2 aliphatic rings. The molecule has 0 spiro atoms.